The lowest BCUT2D eigenvalue weighted by Crippen LogP contribution is -2.33. The maximum absolute atomic E-state index is 13.4. The van der Waals surface area contributed by atoms with E-state index in [2.05, 4.69) is 48.6 Å². The number of ether oxygens (including phenoxy) is 1. The summed E-state index contributed by atoms with van der Waals surface area (Å²) in [6.07, 6.45) is 1.11. The zero-order valence-corrected chi connectivity index (χ0v) is 28.5. The first kappa shape index (κ1) is 35.3. The number of carbonyl (C=O) groups excluding carboxylic acids is 2. The van der Waals surface area contributed by atoms with Gasteiger partial charge in [0.05, 0.1) is 27.2 Å². The van der Waals surface area contributed by atoms with Crippen molar-refractivity contribution in [3.05, 3.63) is 145 Å². The highest BCUT2D eigenvalue weighted by Gasteiger charge is 2.17. The third-order valence-corrected chi connectivity index (χ3v) is 8.88. The molecule has 5 rings (SSSR count). The fraction of sp³-hybridized carbons (Fsp3) is 0.189. The Hall–Kier alpha value is -3.58. The number of amides is 1. The van der Waals surface area contributed by atoms with Gasteiger partial charge >= 0.3 is 0 Å². The molecule has 0 aliphatic heterocycles. The highest BCUT2D eigenvalue weighted by atomic mass is 35.5. The molecule has 0 bridgehead atoms. The summed E-state index contributed by atoms with van der Waals surface area (Å²) in [4.78, 5) is 25.4. The summed E-state index contributed by atoms with van der Waals surface area (Å²) in [7, 11) is 1.64. The minimum absolute atomic E-state index is 0.0644. The first-order chi connectivity index (χ1) is 22.2. The summed E-state index contributed by atoms with van der Waals surface area (Å²) >= 11 is 23.5. The number of aldehydes is 1. The summed E-state index contributed by atoms with van der Waals surface area (Å²) in [5.74, 6) is 0.849. The number of hydrogen-bond acceptors (Lipinski definition) is 4. The van der Waals surface area contributed by atoms with Gasteiger partial charge in [-0.1, -0.05) is 113 Å². The summed E-state index contributed by atoms with van der Waals surface area (Å²) in [6, 6.07) is 32.8. The van der Waals surface area contributed by atoms with Gasteiger partial charge in [0.1, 0.15) is 12.0 Å². The normalized spacial score (nSPS) is 11.3. The first-order valence-electron chi connectivity index (χ1n) is 14.6. The van der Waals surface area contributed by atoms with Crippen LogP contribution in [-0.2, 0) is 17.9 Å². The molecule has 0 unspecified atom stereocenters. The molecule has 1 amide bonds. The van der Waals surface area contributed by atoms with Crippen LogP contribution in [0.25, 0.3) is 10.8 Å². The van der Waals surface area contributed by atoms with Crippen molar-refractivity contribution in [3.63, 3.8) is 0 Å². The maximum Gasteiger partial charge on any atom is 0.224 e. The Bertz CT molecular complexity index is 1770. The molecular formula is C37H34Cl4N2O3. The Morgan fingerprint density at radius 1 is 0.783 bits per heavy atom. The van der Waals surface area contributed by atoms with Crippen molar-refractivity contribution < 1.29 is 14.3 Å². The van der Waals surface area contributed by atoms with Crippen molar-refractivity contribution in [1.29, 1.82) is 0 Å². The third kappa shape index (κ3) is 9.96. The van der Waals surface area contributed by atoms with Gasteiger partial charge in [0, 0.05) is 37.7 Å². The van der Waals surface area contributed by atoms with Crippen molar-refractivity contribution in [2.24, 2.45) is 0 Å². The number of hydrogen-bond donors (Lipinski definition) is 1. The van der Waals surface area contributed by atoms with Gasteiger partial charge in [-0.05, 0) is 70.8 Å². The summed E-state index contributed by atoms with van der Waals surface area (Å²) in [5.41, 5.74) is 3.73. The van der Waals surface area contributed by atoms with Crippen LogP contribution in [0.2, 0.25) is 20.1 Å². The molecule has 1 N–H and O–H groups in total. The molecule has 46 heavy (non-hydrogen) atoms. The molecule has 0 fully saturated rings. The third-order valence-electron chi connectivity index (χ3n) is 7.40. The smallest absolute Gasteiger partial charge is 0.224 e. The second kappa shape index (κ2) is 17.4. The molecule has 9 heteroatoms. The molecule has 0 heterocycles. The number of nitrogens with one attached hydrogen (secondary N) is 1. The van der Waals surface area contributed by atoms with Gasteiger partial charge in [0.15, 0.2) is 0 Å². The maximum atomic E-state index is 13.4. The van der Waals surface area contributed by atoms with E-state index in [-0.39, 0.29) is 11.9 Å². The Labute approximate surface area is 290 Å². The molecule has 0 aromatic heterocycles. The zero-order chi connectivity index (χ0) is 33.1. The van der Waals surface area contributed by atoms with Crippen LogP contribution in [0.4, 0.5) is 0 Å². The van der Waals surface area contributed by atoms with Crippen LogP contribution in [0.5, 0.6) is 5.75 Å². The van der Waals surface area contributed by atoms with E-state index in [1.165, 1.54) is 22.4 Å². The Morgan fingerprint density at radius 2 is 1.41 bits per heavy atom. The molecule has 0 spiro atoms. The quantitative estimate of drug-likeness (QED) is 0.140. The molecule has 0 aliphatic carbocycles. The van der Waals surface area contributed by atoms with Gasteiger partial charge in [-0.3, -0.25) is 9.59 Å². The van der Waals surface area contributed by atoms with Crippen LogP contribution in [0.3, 0.4) is 0 Å². The van der Waals surface area contributed by atoms with E-state index in [0.717, 1.165) is 23.2 Å². The lowest BCUT2D eigenvalue weighted by Gasteiger charge is -2.24. The molecule has 0 saturated heterocycles. The number of fused-ring (bicyclic) bond motifs is 1. The average Bonchev–Trinajstić information content (AvgIpc) is 3.07. The summed E-state index contributed by atoms with van der Waals surface area (Å²) in [5, 5.41) is 7.83. The Balaban J connectivity index is 0.000000409. The van der Waals surface area contributed by atoms with E-state index in [1.807, 2.05) is 47.4 Å². The van der Waals surface area contributed by atoms with Gasteiger partial charge < -0.3 is 15.0 Å². The number of methoxy groups -OCH3 is 1. The van der Waals surface area contributed by atoms with E-state index in [1.54, 1.807) is 25.3 Å². The van der Waals surface area contributed by atoms with Crippen LogP contribution in [0.1, 0.15) is 46.4 Å². The number of benzene rings is 5. The predicted molar refractivity (Wildman–Crippen MR) is 191 cm³/mol. The van der Waals surface area contributed by atoms with Crippen molar-refractivity contribution in [2.75, 3.05) is 13.7 Å². The molecule has 5 aromatic carbocycles. The topological polar surface area (TPSA) is 58.6 Å². The van der Waals surface area contributed by atoms with Gasteiger partial charge in [0.2, 0.25) is 5.91 Å². The number of nitrogens with zero attached hydrogens (tertiary/aromatic N) is 1. The second-order valence-electron chi connectivity index (χ2n) is 10.6. The van der Waals surface area contributed by atoms with Gasteiger partial charge in [0.25, 0.3) is 0 Å². The van der Waals surface area contributed by atoms with Crippen molar-refractivity contribution in [1.82, 2.24) is 10.2 Å². The monoisotopic (exact) mass is 694 g/mol. The Morgan fingerprint density at radius 3 is 2.09 bits per heavy atom. The molecule has 0 saturated carbocycles. The molecule has 5 aromatic rings. The molecule has 5 nitrogen and oxygen atoms in total. The average molecular weight is 697 g/mol. The SMILES string of the molecule is COc1ccc(CN(Cc2ccc(Cl)c(Cl)c2)C(=O)CCN[C@H](C)c2cccc3ccccc23)cc1.O=Cc1ccc(Cl)c(Cl)c1. The molecule has 238 valence electrons. The fourth-order valence-corrected chi connectivity index (χ4v) is 5.55. The van der Waals surface area contributed by atoms with Gasteiger partial charge in [-0.15, -0.1) is 0 Å². The van der Waals surface area contributed by atoms with Gasteiger partial charge in [-0.25, -0.2) is 0 Å². The zero-order valence-electron chi connectivity index (χ0n) is 25.5. The fourth-order valence-electron chi connectivity index (χ4n) is 4.92. The second-order valence-corrected chi connectivity index (χ2v) is 12.3. The van der Waals surface area contributed by atoms with Crippen molar-refractivity contribution >= 4 is 69.4 Å². The number of halogens is 4. The molecular weight excluding hydrogens is 662 g/mol. The molecule has 0 aliphatic rings. The van der Waals surface area contributed by atoms with Crippen LogP contribution in [0, 0.1) is 0 Å². The van der Waals surface area contributed by atoms with E-state index >= 15 is 0 Å². The van der Waals surface area contributed by atoms with Crippen LogP contribution in [0.15, 0.2) is 103 Å². The lowest BCUT2D eigenvalue weighted by molar-refractivity contribution is -0.132. The van der Waals surface area contributed by atoms with E-state index < -0.39 is 0 Å². The first-order valence-corrected chi connectivity index (χ1v) is 16.2. The van der Waals surface area contributed by atoms with Crippen molar-refractivity contribution in [2.45, 2.75) is 32.5 Å². The van der Waals surface area contributed by atoms with Crippen LogP contribution >= 0.6 is 46.4 Å². The predicted octanol–water partition coefficient (Wildman–Crippen LogP) is 10.2. The minimum atomic E-state index is 0.0644. The Kier molecular flexibility index (Phi) is 13.3. The van der Waals surface area contributed by atoms with Crippen molar-refractivity contribution in [3.8, 4) is 5.75 Å². The largest absolute Gasteiger partial charge is 0.497 e. The summed E-state index contributed by atoms with van der Waals surface area (Å²) in [6.45, 7) is 3.64. The van der Waals surface area contributed by atoms with Crippen LogP contribution in [-0.4, -0.2) is 30.7 Å². The van der Waals surface area contributed by atoms with Gasteiger partial charge in [-0.2, -0.15) is 0 Å². The van der Waals surface area contributed by atoms with Crippen LogP contribution < -0.4 is 10.1 Å². The standard InChI is InChI=1S/C30H30Cl2N2O2.C7H4Cl2O/c1-21(26-9-5-7-24-6-3-4-8-27(24)26)33-17-16-30(35)34(19-22-10-13-25(36-2)14-11-22)20-23-12-15-28(31)29(32)18-23;8-6-2-1-5(4-10)3-7(6)9/h3-15,18,21,33H,16-17,19-20H2,1-2H3;1-4H/t21-;/m1./s1. The van der Waals surface area contributed by atoms with E-state index in [0.29, 0.717) is 51.7 Å². The summed E-state index contributed by atoms with van der Waals surface area (Å²) < 4.78 is 5.26. The molecule has 0 radical (unpaired) electrons. The molecule has 1 atom stereocenters. The van der Waals surface area contributed by atoms with E-state index in [4.69, 9.17) is 51.1 Å². The minimum Gasteiger partial charge on any atom is -0.497 e. The highest BCUT2D eigenvalue weighted by molar-refractivity contribution is 6.42. The highest BCUT2D eigenvalue weighted by Crippen LogP contribution is 2.26. The van der Waals surface area contributed by atoms with E-state index in [9.17, 15) is 9.59 Å². The lowest BCUT2D eigenvalue weighted by atomic mass is 9.99. The number of rotatable bonds is 11. The number of carbonyl (C=O) groups is 2.